The average Bonchev–Trinajstić information content (AvgIpc) is 3.42. The summed E-state index contributed by atoms with van der Waals surface area (Å²) in [6.45, 7) is 14.0. The van der Waals surface area contributed by atoms with Crippen molar-refractivity contribution in [1.29, 1.82) is 0 Å². The van der Waals surface area contributed by atoms with Crippen molar-refractivity contribution in [1.82, 2.24) is 5.32 Å². The predicted octanol–water partition coefficient (Wildman–Crippen LogP) is 9.32. The maximum atomic E-state index is 13.8. The fraction of sp³-hybridized carbons (Fsp3) is 0.545. The number of unbranched alkanes of at least 4 members (excludes halogenated alkanes) is 2. The number of aliphatic hydroxyl groups is 1. The molecule has 0 radical (unpaired) electrons. The highest BCUT2D eigenvalue weighted by molar-refractivity contribution is 14.1. The van der Waals surface area contributed by atoms with Gasteiger partial charge in [0.15, 0.2) is 28.8 Å². The van der Waals surface area contributed by atoms with Gasteiger partial charge in [-0.2, -0.15) is 3.22 Å². The predicted molar refractivity (Wildman–Crippen MR) is 245 cm³/mol. The van der Waals surface area contributed by atoms with Crippen LogP contribution in [0.4, 0.5) is 11.4 Å². The molecule has 4 rings (SSSR count). The molecule has 326 valence electrons. The summed E-state index contributed by atoms with van der Waals surface area (Å²) in [4.78, 5) is 35.2. The number of carbonyl (C=O) groups is 2. The first-order valence-electron chi connectivity index (χ1n) is 20.2. The fourth-order valence-electron chi connectivity index (χ4n) is 7.37. The molecule has 1 atom stereocenters. The van der Waals surface area contributed by atoms with Gasteiger partial charge in [0.1, 0.15) is 12.4 Å². The number of ether oxygens (including phenoxy) is 2. The van der Waals surface area contributed by atoms with E-state index in [4.69, 9.17) is 17.8 Å². The number of likely N-dealkylation sites (N-methyl/N-ethyl adjacent to an activating group) is 1. The molecule has 0 fully saturated rings. The van der Waals surface area contributed by atoms with Crippen LogP contribution < -0.4 is 15.5 Å². The molecule has 0 saturated carbocycles. The Morgan fingerprint density at radius 3 is 2.42 bits per heavy atom. The first-order chi connectivity index (χ1) is 28.3. The zero-order valence-corrected chi connectivity index (χ0v) is 39.5. The maximum Gasteiger partial charge on any atom is 0.219 e. The molecule has 3 N–H and O–H groups in total. The summed E-state index contributed by atoms with van der Waals surface area (Å²) >= 11 is 4.27. The van der Waals surface area contributed by atoms with Crippen LogP contribution in [0.25, 0.3) is 0 Å². The van der Waals surface area contributed by atoms with E-state index in [1.807, 2.05) is 18.2 Å². The van der Waals surface area contributed by atoms with Gasteiger partial charge in [-0.1, -0.05) is 40.2 Å². The number of allylic oxidation sites excluding steroid dienone is 5. The maximum absolute atomic E-state index is 13.8. The van der Waals surface area contributed by atoms with E-state index in [0.717, 1.165) is 64.8 Å². The van der Waals surface area contributed by atoms with Crippen LogP contribution in [0.15, 0.2) is 80.9 Å². The Kier molecular flexibility index (Phi) is 20.1. The van der Waals surface area contributed by atoms with Crippen molar-refractivity contribution in [2.75, 3.05) is 71.0 Å². The molecular weight excluding hydrogens is 906 g/mol. The van der Waals surface area contributed by atoms with Crippen LogP contribution >= 0.6 is 47.1 Å². The van der Waals surface area contributed by atoms with Crippen LogP contribution in [0.5, 0.6) is 0 Å². The molecule has 12 nitrogen and oxygen atoms in total. The van der Waals surface area contributed by atoms with E-state index >= 15 is 0 Å². The number of anilines is 2. The van der Waals surface area contributed by atoms with Crippen LogP contribution in [0, 0.1) is 0 Å². The third-order valence-corrected chi connectivity index (χ3v) is 12.1. The molecule has 2 aromatic rings. The molecule has 2 aromatic carbocycles. The van der Waals surface area contributed by atoms with Gasteiger partial charge >= 0.3 is 0 Å². The van der Waals surface area contributed by atoms with Crippen LogP contribution in [0.2, 0.25) is 0 Å². The number of methoxy groups -OCH3 is 1. The topological polar surface area (TPSA) is 137 Å². The Labute approximate surface area is 373 Å². The molecule has 1 amide bonds. The summed E-state index contributed by atoms with van der Waals surface area (Å²) < 4.78 is 26.6. The first-order valence-corrected chi connectivity index (χ1v) is 22.6. The normalized spacial score (nSPS) is 16.8. The number of halogens is 1. The second-order valence-corrected chi connectivity index (χ2v) is 17.9. The van der Waals surface area contributed by atoms with Crippen LogP contribution in [0.1, 0.15) is 90.7 Å². The van der Waals surface area contributed by atoms with E-state index < -0.39 is 6.10 Å². The standard InChI is InChI=1S/C44H62IN3O9S2/c1-9-48-38-18-16-32(59-54-8)27-36(38)44(4,5)39(48)28-34-41(51)33(42(34)52-6)19-21-43(2,3)35-26-31(58-53-7)15-17-37(35)46-22-12-10-11-14-40(50)47-23-13-24-55-25-20-30(49)29-56-57-45/h15-19,26-28,30,46,49H,9-14,20-25,29H2,1-8H3,(H,47,50)/b33-19+,39-28+. The van der Waals surface area contributed by atoms with Gasteiger partial charge in [-0.3, -0.25) is 9.59 Å². The summed E-state index contributed by atoms with van der Waals surface area (Å²) in [7, 11) is 4.97. The van der Waals surface area contributed by atoms with Gasteiger partial charge in [0.25, 0.3) is 0 Å². The fourth-order valence-corrected chi connectivity index (χ4v) is 8.48. The third kappa shape index (κ3) is 13.4. The molecule has 59 heavy (non-hydrogen) atoms. The molecule has 1 heterocycles. The van der Waals surface area contributed by atoms with Crippen molar-refractivity contribution in [2.24, 2.45) is 0 Å². The van der Waals surface area contributed by atoms with Gasteiger partial charge in [0.05, 0.1) is 38.6 Å². The first kappa shape index (κ1) is 49.0. The molecule has 1 unspecified atom stereocenters. The average molecular weight is 968 g/mol. The van der Waals surface area contributed by atoms with Gasteiger partial charge in [-0.25, -0.2) is 4.89 Å². The lowest BCUT2D eigenvalue weighted by atomic mass is 9.77. The van der Waals surface area contributed by atoms with E-state index in [1.165, 1.54) is 29.6 Å². The number of benzene rings is 2. The molecule has 1 aliphatic heterocycles. The number of hydrogen-bond acceptors (Lipinski definition) is 13. The Morgan fingerprint density at radius 1 is 1.00 bits per heavy atom. The van der Waals surface area contributed by atoms with Gasteiger partial charge in [-0.15, -0.1) is 0 Å². The minimum Gasteiger partial charge on any atom is -0.495 e. The van der Waals surface area contributed by atoms with Gasteiger partial charge in [0, 0.05) is 95.6 Å². The number of hydrogen-bond donors (Lipinski definition) is 3. The van der Waals surface area contributed by atoms with Crippen molar-refractivity contribution >= 4 is 70.2 Å². The number of carbonyl (C=O) groups excluding carboxylic acids is 2. The summed E-state index contributed by atoms with van der Waals surface area (Å²) in [6.07, 6.45) is 8.30. The number of nitrogens with one attached hydrogen (secondary N) is 2. The van der Waals surface area contributed by atoms with Gasteiger partial charge < -0.3 is 38.5 Å². The number of aliphatic hydroxyl groups excluding tert-OH is 1. The summed E-state index contributed by atoms with van der Waals surface area (Å²) in [5, 5.41) is 16.3. The second kappa shape index (κ2) is 24.1. The van der Waals surface area contributed by atoms with Crippen molar-refractivity contribution < 1.29 is 40.6 Å². The molecule has 0 aromatic heterocycles. The van der Waals surface area contributed by atoms with E-state index in [9.17, 15) is 14.7 Å². The largest absolute Gasteiger partial charge is 0.495 e. The molecular formula is C44H62IN3O9S2. The lowest BCUT2D eigenvalue weighted by molar-refractivity contribution is -0.188. The van der Waals surface area contributed by atoms with Gasteiger partial charge in [0.2, 0.25) is 5.91 Å². The highest BCUT2D eigenvalue weighted by atomic mass is 127. The van der Waals surface area contributed by atoms with Crippen molar-refractivity contribution in [3.63, 3.8) is 0 Å². The van der Waals surface area contributed by atoms with Crippen molar-refractivity contribution in [2.45, 2.75) is 106 Å². The monoisotopic (exact) mass is 967 g/mol. The minimum absolute atomic E-state index is 0.00838. The summed E-state index contributed by atoms with van der Waals surface area (Å²) in [6, 6.07) is 12.7. The summed E-state index contributed by atoms with van der Waals surface area (Å²) in [5.74, 6) is 0.658. The number of fused-ring (bicyclic) bond motifs is 1. The number of Topliss-reactive ketones (excluding diaryl/α,β-unsaturated/α-hetero) is 1. The molecule has 1 aliphatic carbocycles. The van der Waals surface area contributed by atoms with E-state index in [2.05, 4.69) is 88.6 Å². The highest BCUT2D eigenvalue weighted by Crippen LogP contribution is 2.50. The lowest BCUT2D eigenvalue weighted by Crippen LogP contribution is -2.29. The second-order valence-electron chi connectivity index (χ2n) is 15.6. The van der Waals surface area contributed by atoms with E-state index in [0.29, 0.717) is 62.3 Å². The summed E-state index contributed by atoms with van der Waals surface area (Å²) in [5.41, 5.74) is 6.13. The molecule has 2 aliphatic rings. The zero-order valence-electron chi connectivity index (χ0n) is 35.7. The van der Waals surface area contributed by atoms with Crippen LogP contribution in [0.3, 0.4) is 0 Å². The third-order valence-electron chi connectivity index (χ3n) is 10.6. The minimum atomic E-state index is -0.638. The Bertz CT molecular complexity index is 1820. The van der Waals surface area contributed by atoms with Gasteiger partial charge in [-0.05, 0) is 98.0 Å². The smallest absolute Gasteiger partial charge is 0.219 e. The lowest BCUT2D eigenvalue weighted by Gasteiger charge is -2.31. The Balaban J connectivity index is 1.33. The SMILES string of the molecule is CCN1/C(=C/C2=C(OC)C(=C/CC(C)(C)c3cc(SOC)ccc3NCCCCCC(=O)NCCCOCCC(O)COOI)/C2=O)C(C)(C)c2cc(SOC)ccc21. The number of amides is 1. The highest BCUT2D eigenvalue weighted by Gasteiger charge is 2.42. The molecule has 0 bridgehead atoms. The zero-order chi connectivity index (χ0) is 43.0. The van der Waals surface area contributed by atoms with Crippen molar-refractivity contribution in [3.05, 3.63) is 82.3 Å². The van der Waals surface area contributed by atoms with E-state index in [-0.39, 0.29) is 29.1 Å². The molecule has 15 heteroatoms. The van der Waals surface area contributed by atoms with Crippen LogP contribution in [-0.2, 0) is 46.4 Å². The number of nitrogens with zero attached hydrogens (tertiary/aromatic N) is 1. The van der Waals surface area contributed by atoms with Crippen molar-refractivity contribution in [3.8, 4) is 0 Å². The molecule has 0 saturated heterocycles. The number of ketones is 1. The van der Waals surface area contributed by atoms with E-state index in [1.54, 1.807) is 44.3 Å². The van der Waals surface area contributed by atoms with Crippen LogP contribution in [-0.4, -0.2) is 83.7 Å². The Morgan fingerprint density at radius 2 is 1.73 bits per heavy atom. The Hall–Kier alpha value is -2.61. The molecule has 0 spiro atoms. The number of rotatable bonds is 27. The quantitative estimate of drug-likeness (QED) is 0.0196.